The van der Waals surface area contributed by atoms with Crippen LogP contribution in [0.2, 0.25) is 0 Å². The van der Waals surface area contributed by atoms with Crippen LogP contribution in [0.4, 0.5) is 0 Å². The Bertz CT molecular complexity index is 281. The van der Waals surface area contributed by atoms with Gasteiger partial charge in [0.25, 0.3) is 0 Å². The van der Waals surface area contributed by atoms with Crippen LogP contribution in [-0.2, 0) is 9.59 Å². The van der Waals surface area contributed by atoms with Gasteiger partial charge in [-0.1, -0.05) is 19.8 Å². The van der Waals surface area contributed by atoms with Gasteiger partial charge in [-0.05, 0) is 6.42 Å². The van der Waals surface area contributed by atoms with E-state index in [-0.39, 0.29) is 23.8 Å². The van der Waals surface area contributed by atoms with Crippen LogP contribution < -0.4 is 11.1 Å². The van der Waals surface area contributed by atoms with Crippen LogP contribution in [0.25, 0.3) is 0 Å². The number of unbranched alkanes of at least 4 members (excludes halogenated alkanes) is 1. The van der Waals surface area contributed by atoms with Crippen LogP contribution in [0.1, 0.15) is 32.6 Å². The van der Waals surface area contributed by atoms with Crippen molar-refractivity contribution in [3.05, 3.63) is 0 Å². The third-order valence-corrected chi connectivity index (χ3v) is 3.25. The van der Waals surface area contributed by atoms with E-state index < -0.39 is 0 Å². The smallest absolute Gasteiger partial charge is 0.225 e. The number of hydrogen-bond donors (Lipinski definition) is 2. The van der Waals surface area contributed by atoms with Gasteiger partial charge in [-0.2, -0.15) is 0 Å². The summed E-state index contributed by atoms with van der Waals surface area (Å²) < 4.78 is 0. The number of carbonyl (C=O) groups is 2. The van der Waals surface area contributed by atoms with E-state index in [1.54, 1.807) is 11.9 Å². The van der Waals surface area contributed by atoms with Gasteiger partial charge in [-0.15, -0.1) is 0 Å². The zero-order valence-corrected chi connectivity index (χ0v) is 10.7. The van der Waals surface area contributed by atoms with Crippen molar-refractivity contribution in [1.29, 1.82) is 0 Å². The molecule has 1 rings (SSSR count). The lowest BCUT2D eigenvalue weighted by atomic mass is 10.1. The molecule has 0 spiro atoms. The zero-order valence-electron chi connectivity index (χ0n) is 10.7. The van der Waals surface area contributed by atoms with E-state index in [9.17, 15) is 9.59 Å². The van der Waals surface area contributed by atoms with Crippen molar-refractivity contribution in [2.45, 2.75) is 38.6 Å². The summed E-state index contributed by atoms with van der Waals surface area (Å²) in [4.78, 5) is 24.9. The molecule has 0 aromatic heterocycles. The summed E-state index contributed by atoms with van der Waals surface area (Å²) in [5.74, 6) is -0.194. The second-order valence-electron chi connectivity index (χ2n) is 4.76. The SMILES string of the molecule is CCCCC(CN)NC(=O)C1CC(=O)N(C)C1. The first kappa shape index (κ1) is 14.0. The van der Waals surface area contributed by atoms with E-state index in [4.69, 9.17) is 5.73 Å². The number of likely N-dealkylation sites (tertiary alicyclic amines) is 1. The third-order valence-electron chi connectivity index (χ3n) is 3.25. The van der Waals surface area contributed by atoms with Crippen LogP contribution in [0.3, 0.4) is 0 Å². The highest BCUT2D eigenvalue weighted by Gasteiger charge is 2.32. The molecule has 5 heteroatoms. The van der Waals surface area contributed by atoms with Gasteiger partial charge in [0.2, 0.25) is 11.8 Å². The monoisotopic (exact) mass is 241 g/mol. The standard InChI is InChI=1S/C12H23N3O2/c1-3-4-5-10(7-13)14-12(17)9-6-11(16)15(2)8-9/h9-10H,3-8,13H2,1-2H3,(H,14,17). The predicted octanol–water partition coefficient (Wildman–Crippen LogP) is 0.0984. The molecule has 1 fully saturated rings. The number of nitrogens with one attached hydrogen (secondary N) is 1. The average Bonchev–Trinajstić information content (AvgIpc) is 2.65. The molecule has 1 aliphatic rings. The molecule has 2 atom stereocenters. The first-order valence-corrected chi connectivity index (χ1v) is 6.32. The van der Waals surface area contributed by atoms with Gasteiger partial charge < -0.3 is 16.0 Å². The topological polar surface area (TPSA) is 75.4 Å². The highest BCUT2D eigenvalue weighted by molar-refractivity contribution is 5.89. The van der Waals surface area contributed by atoms with Crippen molar-refractivity contribution in [3.8, 4) is 0 Å². The zero-order chi connectivity index (χ0) is 12.8. The summed E-state index contributed by atoms with van der Waals surface area (Å²) in [5.41, 5.74) is 5.62. The number of rotatable bonds is 6. The highest BCUT2D eigenvalue weighted by atomic mass is 16.2. The summed E-state index contributed by atoms with van der Waals surface area (Å²) in [6.07, 6.45) is 3.39. The summed E-state index contributed by atoms with van der Waals surface area (Å²) in [6, 6.07) is 0.0449. The van der Waals surface area contributed by atoms with E-state index in [1.165, 1.54) is 0 Å². The Morgan fingerprint density at radius 1 is 1.65 bits per heavy atom. The molecule has 0 aliphatic carbocycles. The fourth-order valence-electron chi connectivity index (χ4n) is 2.06. The fourth-order valence-corrected chi connectivity index (χ4v) is 2.06. The van der Waals surface area contributed by atoms with Crippen molar-refractivity contribution in [2.75, 3.05) is 20.1 Å². The van der Waals surface area contributed by atoms with Gasteiger partial charge >= 0.3 is 0 Å². The summed E-state index contributed by atoms with van der Waals surface area (Å²) in [6.45, 7) is 3.10. The van der Waals surface area contributed by atoms with Crippen LogP contribution in [0.5, 0.6) is 0 Å². The minimum atomic E-state index is -0.205. The second kappa shape index (κ2) is 6.59. The highest BCUT2D eigenvalue weighted by Crippen LogP contribution is 2.16. The average molecular weight is 241 g/mol. The fraction of sp³-hybridized carbons (Fsp3) is 0.833. The minimum absolute atomic E-state index is 0.0331. The third kappa shape index (κ3) is 4.00. The van der Waals surface area contributed by atoms with E-state index in [0.717, 1.165) is 19.3 Å². The van der Waals surface area contributed by atoms with Crippen molar-refractivity contribution in [2.24, 2.45) is 11.7 Å². The Morgan fingerprint density at radius 2 is 2.35 bits per heavy atom. The molecule has 1 heterocycles. The molecule has 17 heavy (non-hydrogen) atoms. The van der Waals surface area contributed by atoms with Crippen LogP contribution in [0, 0.1) is 5.92 Å². The Morgan fingerprint density at radius 3 is 2.82 bits per heavy atom. The maximum absolute atomic E-state index is 11.9. The molecule has 1 aliphatic heterocycles. The molecule has 3 N–H and O–H groups in total. The molecular weight excluding hydrogens is 218 g/mol. The maximum Gasteiger partial charge on any atom is 0.225 e. The Kier molecular flexibility index (Phi) is 5.41. The Balaban J connectivity index is 2.39. The second-order valence-corrected chi connectivity index (χ2v) is 4.76. The van der Waals surface area contributed by atoms with Crippen LogP contribution >= 0.6 is 0 Å². The molecular formula is C12H23N3O2. The lowest BCUT2D eigenvalue weighted by molar-refractivity contribution is -0.128. The van der Waals surface area contributed by atoms with E-state index in [0.29, 0.717) is 19.5 Å². The minimum Gasteiger partial charge on any atom is -0.352 e. The van der Waals surface area contributed by atoms with Gasteiger partial charge in [0.05, 0.1) is 5.92 Å². The van der Waals surface area contributed by atoms with Crippen molar-refractivity contribution < 1.29 is 9.59 Å². The van der Waals surface area contributed by atoms with E-state index >= 15 is 0 Å². The first-order chi connectivity index (χ1) is 8.08. The summed E-state index contributed by atoms with van der Waals surface area (Å²) in [5, 5.41) is 2.94. The number of carbonyl (C=O) groups excluding carboxylic acids is 2. The van der Waals surface area contributed by atoms with Crippen LogP contribution in [0.15, 0.2) is 0 Å². The van der Waals surface area contributed by atoms with Gasteiger partial charge in [-0.25, -0.2) is 0 Å². The molecule has 2 amide bonds. The molecule has 0 bridgehead atoms. The van der Waals surface area contributed by atoms with E-state index in [2.05, 4.69) is 12.2 Å². The molecule has 0 saturated carbocycles. The number of hydrogen-bond acceptors (Lipinski definition) is 3. The molecule has 98 valence electrons. The van der Waals surface area contributed by atoms with Gasteiger partial charge in [0, 0.05) is 32.6 Å². The van der Waals surface area contributed by atoms with Gasteiger partial charge in [0.1, 0.15) is 0 Å². The van der Waals surface area contributed by atoms with Gasteiger partial charge in [0.15, 0.2) is 0 Å². The summed E-state index contributed by atoms with van der Waals surface area (Å²) >= 11 is 0. The van der Waals surface area contributed by atoms with E-state index in [1.807, 2.05) is 0 Å². The molecule has 0 aromatic carbocycles. The maximum atomic E-state index is 11.9. The molecule has 0 aromatic rings. The largest absolute Gasteiger partial charge is 0.352 e. The molecule has 5 nitrogen and oxygen atoms in total. The Labute approximate surface area is 103 Å². The van der Waals surface area contributed by atoms with Crippen LogP contribution in [-0.4, -0.2) is 42.9 Å². The normalized spacial score (nSPS) is 21.7. The lowest BCUT2D eigenvalue weighted by Crippen LogP contribution is -2.43. The molecule has 1 saturated heterocycles. The number of amides is 2. The first-order valence-electron chi connectivity index (χ1n) is 6.32. The lowest BCUT2D eigenvalue weighted by Gasteiger charge is -2.18. The summed E-state index contributed by atoms with van der Waals surface area (Å²) in [7, 11) is 1.73. The molecule has 0 radical (unpaired) electrons. The Hall–Kier alpha value is -1.10. The quantitative estimate of drug-likeness (QED) is 0.692. The van der Waals surface area contributed by atoms with Gasteiger partial charge in [-0.3, -0.25) is 9.59 Å². The van der Waals surface area contributed by atoms with Crippen molar-refractivity contribution >= 4 is 11.8 Å². The van der Waals surface area contributed by atoms with Crippen molar-refractivity contribution in [3.63, 3.8) is 0 Å². The predicted molar refractivity (Wildman–Crippen MR) is 66.3 cm³/mol. The van der Waals surface area contributed by atoms with Crippen molar-refractivity contribution in [1.82, 2.24) is 10.2 Å². The number of nitrogens with zero attached hydrogens (tertiary/aromatic N) is 1. The molecule has 2 unspecified atom stereocenters. The number of nitrogens with two attached hydrogens (primary N) is 1.